The molecule has 0 unspecified atom stereocenters. The Balaban J connectivity index is 3.37. The van der Waals surface area contributed by atoms with Gasteiger partial charge >= 0.3 is 7.48 Å². The summed E-state index contributed by atoms with van der Waals surface area (Å²) in [5, 5.41) is 0. The molecule has 0 amide bonds. The van der Waals surface area contributed by atoms with Crippen molar-refractivity contribution in [2.45, 2.75) is 51.9 Å². The Morgan fingerprint density at radius 3 is 1.69 bits per heavy atom. The molecular formula is C20H36BO8. The summed E-state index contributed by atoms with van der Waals surface area (Å²) in [5.74, 6) is 0.0475. The van der Waals surface area contributed by atoms with E-state index in [4.69, 9.17) is 23.6 Å². The molecule has 0 aliphatic rings. The number of ketones is 2. The first kappa shape index (κ1) is 27.9. The van der Waals surface area contributed by atoms with Crippen molar-refractivity contribution in [3.63, 3.8) is 0 Å². The summed E-state index contributed by atoms with van der Waals surface area (Å²) in [6, 6.07) is 0. The maximum Gasteiger partial charge on any atom is 0.376 e. The number of unbranched alkanes of at least 4 members (excludes halogenated alkanes) is 1. The van der Waals surface area contributed by atoms with Gasteiger partial charge in [-0.15, -0.1) is 0 Å². The molecule has 0 aromatic heterocycles. The standard InChI is InChI=1S/C20H36BO8/c1-3-4-5-18(22)6-7-19(23)8-9-20(24)21-29-17-16-28-15-14-27-13-12-26-11-10-25-2/h3-17H2,1-2H3. The molecule has 0 atom stereocenters. The highest BCUT2D eigenvalue weighted by Gasteiger charge is 2.11. The summed E-state index contributed by atoms with van der Waals surface area (Å²) in [6.07, 6.45) is 3.08. The van der Waals surface area contributed by atoms with E-state index < -0.39 is 0 Å². The van der Waals surface area contributed by atoms with Crippen LogP contribution in [-0.4, -0.2) is 84.7 Å². The molecule has 29 heavy (non-hydrogen) atoms. The minimum atomic E-state index is -0.243. The zero-order valence-electron chi connectivity index (χ0n) is 17.9. The van der Waals surface area contributed by atoms with Crippen molar-refractivity contribution < 1.29 is 38.0 Å². The summed E-state index contributed by atoms with van der Waals surface area (Å²) < 4.78 is 25.8. The predicted molar refractivity (Wildman–Crippen MR) is 109 cm³/mol. The quantitative estimate of drug-likeness (QED) is 0.184. The fraction of sp³-hybridized carbons (Fsp3) is 0.850. The van der Waals surface area contributed by atoms with E-state index in [1.54, 1.807) is 7.11 Å². The monoisotopic (exact) mass is 415 g/mol. The molecule has 0 aliphatic heterocycles. The molecule has 0 bridgehead atoms. The Morgan fingerprint density at radius 1 is 0.655 bits per heavy atom. The van der Waals surface area contributed by atoms with Crippen LogP contribution in [-0.2, 0) is 38.0 Å². The van der Waals surface area contributed by atoms with E-state index in [1.165, 1.54) is 0 Å². The average molecular weight is 415 g/mol. The maximum absolute atomic E-state index is 11.7. The third-order valence-electron chi connectivity index (χ3n) is 3.88. The van der Waals surface area contributed by atoms with Crippen LogP contribution in [0.5, 0.6) is 0 Å². The van der Waals surface area contributed by atoms with E-state index >= 15 is 0 Å². The third-order valence-corrected chi connectivity index (χ3v) is 3.88. The number of hydrogen-bond donors (Lipinski definition) is 0. The fourth-order valence-corrected chi connectivity index (χ4v) is 2.17. The number of rotatable bonds is 23. The second kappa shape index (κ2) is 21.6. The number of hydrogen-bond acceptors (Lipinski definition) is 8. The minimum Gasteiger partial charge on any atom is -0.429 e. The minimum absolute atomic E-state index is 0.0657. The molecule has 167 valence electrons. The third kappa shape index (κ3) is 21.4. The molecule has 0 saturated heterocycles. The average Bonchev–Trinajstić information content (AvgIpc) is 2.72. The summed E-state index contributed by atoms with van der Waals surface area (Å²) in [4.78, 5) is 34.9. The Bertz CT molecular complexity index is 431. The molecule has 0 fully saturated rings. The van der Waals surface area contributed by atoms with E-state index in [1.807, 2.05) is 6.92 Å². The second-order valence-corrected chi connectivity index (χ2v) is 6.47. The van der Waals surface area contributed by atoms with E-state index in [9.17, 15) is 14.4 Å². The van der Waals surface area contributed by atoms with Crippen LogP contribution in [0.1, 0.15) is 51.9 Å². The van der Waals surface area contributed by atoms with Gasteiger partial charge in [0.2, 0.25) is 0 Å². The van der Waals surface area contributed by atoms with E-state index in [2.05, 4.69) is 0 Å². The van der Waals surface area contributed by atoms with Gasteiger partial charge in [0.15, 0.2) is 0 Å². The predicted octanol–water partition coefficient (Wildman–Crippen LogP) is 1.73. The van der Waals surface area contributed by atoms with Gasteiger partial charge < -0.3 is 28.4 Å². The number of methoxy groups -OCH3 is 1. The van der Waals surface area contributed by atoms with Crippen molar-refractivity contribution in [3.05, 3.63) is 0 Å². The summed E-state index contributed by atoms with van der Waals surface area (Å²) in [7, 11) is 2.74. The first-order chi connectivity index (χ1) is 14.1. The molecule has 0 aromatic carbocycles. The van der Waals surface area contributed by atoms with Crippen LogP contribution < -0.4 is 0 Å². The smallest absolute Gasteiger partial charge is 0.376 e. The number of carbonyl (C=O) groups excluding carboxylic acids is 3. The summed E-state index contributed by atoms with van der Waals surface area (Å²) >= 11 is 0. The topological polar surface area (TPSA) is 97.4 Å². The lowest BCUT2D eigenvalue weighted by Crippen LogP contribution is -2.18. The molecule has 1 radical (unpaired) electrons. The zero-order valence-corrected chi connectivity index (χ0v) is 17.9. The van der Waals surface area contributed by atoms with Crippen LogP contribution in [0.4, 0.5) is 0 Å². The molecule has 8 nitrogen and oxygen atoms in total. The fourth-order valence-electron chi connectivity index (χ4n) is 2.17. The van der Waals surface area contributed by atoms with Gasteiger partial charge in [0.25, 0.3) is 0 Å². The van der Waals surface area contributed by atoms with Crippen LogP contribution >= 0.6 is 0 Å². The Hall–Kier alpha value is -1.13. The van der Waals surface area contributed by atoms with Crippen LogP contribution in [0.3, 0.4) is 0 Å². The number of carbonyl (C=O) groups is 3. The van der Waals surface area contributed by atoms with Gasteiger partial charge in [-0.2, -0.15) is 0 Å². The molecule has 9 heteroatoms. The van der Waals surface area contributed by atoms with Crippen molar-refractivity contribution in [1.82, 2.24) is 0 Å². The van der Waals surface area contributed by atoms with Crippen molar-refractivity contribution in [3.8, 4) is 0 Å². The Morgan fingerprint density at radius 2 is 1.14 bits per heavy atom. The summed E-state index contributed by atoms with van der Waals surface area (Å²) in [5.41, 5.74) is -0.243. The summed E-state index contributed by atoms with van der Waals surface area (Å²) in [6.45, 7) is 5.64. The van der Waals surface area contributed by atoms with Gasteiger partial charge in [-0.05, 0) is 6.42 Å². The number of Topliss-reactive ketones (excluding diaryl/α,β-unsaturated/α-hetero) is 2. The van der Waals surface area contributed by atoms with Gasteiger partial charge in [0, 0.05) is 39.2 Å². The normalized spacial score (nSPS) is 10.8. The van der Waals surface area contributed by atoms with Crippen molar-refractivity contribution >= 4 is 24.7 Å². The lowest BCUT2D eigenvalue weighted by atomic mass is 9.88. The molecule has 0 saturated carbocycles. The molecule has 0 N–H and O–H groups in total. The first-order valence-electron chi connectivity index (χ1n) is 10.3. The largest absolute Gasteiger partial charge is 0.429 e. The lowest BCUT2D eigenvalue weighted by Gasteiger charge is -2.07. The Kier molecular flexibility index (Phi) is 20.7. The zero-order chi connectivity index (χ0) is 21.6. The van der Waals surface area contributed by atoms with E-state index in [0.717, 1.165) is 20.3 Å². The van der Waals surface area contributed by atoms with Crippen LogP contribution in [0.25, 0.3) is 0 Å². The Labute approximate surface area is 175 Å². The molecule has 0 aliphatic carbocycles. The van der Waals surface area contributed by atoms with E-state index in [0.29, 0.717) is 52.7 Å². The lowest BCUT2D eigenvalue weighted by molar-refractivity contribution is -0.125. The first-order valence-corrected chi connectivity index (χ1v) is 10.3. The van der Waals surface area contributed by atoms with Crippen LogP contribution in [0.2, 0.25) is 0 Å². The van der Waals surface area contributed by atoms with Crippen LogP contribution in [0, 0.1) is 0 Å². The van der Waals surface area contributed by atoms with E-state index in [-0.39, 0.29) is 49.5 Å². The highest BCUT2D eigenvalue weighted by Crippen LogP contribution is 2.04. The van der Waals surface area contributed by atoms with Gasteiger partial charge in [0.05, 0.1) is 52.9 Å². The SMILES string of the molecule is CCCCC(=O)CCC(=O)CCC(=O)[B]OCCOCCOCCOCCOC. The van der Waals surface area contributed by atoms with Gasteiger partial charge in [-0.3, -0.25) is 9.59 Å². The van der Waals surface area contributed by atoms with Crippen molar-refractivity contribution in [2.75, 3.05) is 60.0 Å². The van der Waals surface area contributed by atoms with Crippen molar-refractivity contribution in [1.29, 1.82) is 0 Å². The maximum atomic E-state index is 11.7. The highest BCUT2D eigenvalue weighted by molar-refractivity contribution is 6.69. The molecule has 0 heterocycles. The molecule has 0 spiro atoms. The van der Waals surface area contributed by atoms with Crippen molar-refractivity contribution in [2.24, 2.45) is 0 Å². The van der Waals surface area contributed by atoms with Gasteiger partial charge in [-0.25, -0.2) is 0 Å². The van der Waals surface area contributed by atoms with Crippen LogP contribution in [0.15, 0.2) is 0 Å². The molecular weight excluding hydrogens is 379 g/mol. The highest BCUT2D eigenvalue weighted by atomic mass is 16.6. The molecule has 0 rings (SSSR count). The van der Waals surface area contributed by atoms with Gasteiger partial charge in [0.1, 0.15) is 17.2 Å². The second-order valence-electron chi connectivity index (χ2n) is 6.47. The number of ether oxygens (including phenoxy) is 4. The van der Waals surface area contributed by atoms with Gasteiger partial charge in [-0.1, -0.05) is 13.3 Å². The molecule has 0 aromatic rings.